The minimum absolute atomic E-state index is 0.299. The molecular weight excluding hydrogens is 234 g/mol. The first-order chi connectivity index (χ1) is 8.97. The number of H-pyrrole nitrogens is 1. The number of benzene rings is 1. The lowest BCUT2D eigenvalue weighted by atomic mass is 10.0. The van der Waals surface area contributed by atoms with E-state index in [0.29, 0.717) is 12.0 Å². The van der Waals surface area contributed by atoms with Crippen molar-refractivity contribution >= 4 is 11.0 Å². The molecule has 1 aromatic carbocycles. The molecule has 0 saturated carbocycles. The van der Waals surface area contributed by atoms with Gasteiger partial charge < -0.3 is 10.7 Å². The van der Waals surface area contributed by atoms with Crippen LogP contribution in [0.5, 0.6) is 0 Å². The Bertz CT molecular complexity index is 554. The largest absolute Gasteiger partial charge is 0.342 e. The molecule has 1 heterocycles. The van der Waals surface area contributed by atoms with E-state index in [-0.39, 0.29) is 0 Å². The van der Waals surface area contributed by atoms with Crippen molar-refractivity contribution in [2.75, 3.05) is 0 Å². The summed E-state index contributed by atoms with van der Waals surface area (Å²) in [5, 5.41) is 0. The van der Waals surface area contributed by atoms with Gasteiger partial charge in [-0.05, 0) is 50.8 Å². The van der Waals surface area contributed by atoms with Crippen LogP contribution >= 0.6 is 0 Å². The van der Waals surface area contributed by atoms with E-state index in [1.54, 1.807) is 0 Å². The molecule has 3 N–H and O–H groups in total. The van der Waals surface area contributed by atoms with Gasteiger partial charge in [0, 0.05) is 12.0 Å². The molecule has 2 aromatic rings. The lowest BCUT2D eigenvalue weighted by Crippen LogP contribution is -2.14. The summed E-state index contributed by atoms with van der Waals surface area (Å²) in [6.07, 6.45) is 3.38. The quantitative estimate of drug-likeness (QED) is 0.858. The highest BCUT2D eigenvalue weighted by Crippen LogP contribution is 2.24. The third-order valence-electron chi connectivity index (χ3n) is 3.70. The van der Waals surface area contributed by atoms with E-state index in [1.165, 1.54) is 11.1 Å². The Balaban J connectivity index is 2.14. The second-order valence-electron chi connectivity index (χ2n) is 5.91. The summed E-state index contributed by atoms with van der Waals surface area (Å²) >= 11 is 0. The molecule has 2 atom stereocenters. The van der Waals surface area contributed by atoms with Crippen LogP contribution in [-0.4, -0.2) is 16.0 Å². The molecule has 2 rings (SSSR count). The van der Waals surface area contributed by atoms with Crippen LogP contribution in [0.3, 0.4) is 0 Å². The van der Waals surface area contributed by atoms with Gasteiger partial charge in [-0.15, -0.1) is 0 Å². The minimum Gasteiger partial charge on any atom is -0.342 e. The lowest BCUT2D eigenvalue weighted by Gasteiger charge is -2.09. The molecule has 0 radical (unpaired) electrons. The maximum Gasteiger partial charge on any atom is 0.110 e. The van der Waals surface area contributed by atoms with Crippen molar-refractivity contribution in [3.05, 3.63) is 29.1 Å². The van der Waals surface area contributed by atoms with Crippen molar-refractivity contribution in [1.29, 1.82) is 0 Å². The van der Waals surface area contributed by atoms with Crippen LogP contribution < -0.4 is 5.73 Å². The number of hydrogen-bond donors (Lipinski definition) is 2. The molecule has 0 spiro atoms. The molecule has 0 amide bonds. The number of aromatic nitrogens is 2. The molecule has 2 unspecified atom stereocenters. The summed E-state index contributed by atoms with van der Waals surface area (Å²) in [5.74, 6) is 1.57. The van der Waals surface area contributed by atoms with Crippen molar-refractivity contribution in [2.45, 2.75) is 58.9 Å². The molecule has 104 valence electrons. The molecule has 0 aliphatic heterocycles. The molecule has 0 aliphatic carbocycles. The molecule has 1 aromatic heterocycles. The van der Waals surface area contributed by atoms with E-state index in [2.05, 4.69) is 44.8 Å². The summed E-state index contributed by atoms with van der Waals surface area (Å²) in [4.78, 5) is 8.24. The number of fused-ring (bicyclic) bond motifs is 1. The number of nitrogens with one attached hydrogen (secondary N) is 1. The zero-order chi connectivity index (χ0) is 14.0. The fourth-order valence-electron chi connectivity index (χ4n) is 2.61. The predicted molar refractivity (Wildman–Crippen MR) is 81.5 cm³/mol. The van der Waals surface area contributed by atoms with Crippen LogP contribution in [0.15, 0.2) is 12.1 Å². The number of hydrogen-bond acceptors (Lipinski definition) is 2. The van der Waals surface area contributed by atoms with Crippen molar-refractivity contribution in [3.63, 3.8) is 0 Å². The van der Waals surface area contributed by atoms with E-state index in [0.717, 1.165) is 36.1 Å². The second-order valence-corrected chi connectivity index (χ2v) is 5.91. The van der Waals surface area contributed by atoms with Crippen LogP contribution in [-0.2, 0) is 0 Å². The van der Waals surface area contributed by atoms with E-state index in [9.17, 15) is 0 Å². The van der Waals surface area contributed by atoms with Crippen LogP contribution in [0.25, 0.3) is 11.0 Å². The highest BCUT2D eigenvalue weighted by Gasteiger charge is 2.12. The van der Waals surface area contributed by atoms with Gasteiger partial charge in [0.25, 0.3) is 0 Å². The Labute approximate surface area is 115 Å². The Kier molecular flexibility index (Phi) is 4.25. The number of rotatable bonds is 5. The van der Waals surface area contributed by atoms with E-state index in [1.807, 2.05) is 0 Å². The Hall–Kier alpha value is -1.35. The van der Waals surface area contributed by atoms with Gasteiger partial charge in [-0.1, -0.05) is 19.4 Å². The van der Waals surface area contributed by atoms with Gasteiger partial charge in [-0.3, -0.25) is 0 Å². The Morgan fingerprint density at radius 2 is 1.95 bits per heavy atom. The number of aromatic amines is 1. The fraction of sp³-hybridized carbons (Fsp3) is 0.562. The standard InChI is InChI=1S/C16H25N3/c1-10-8-12(3)15-14(9-10)18-16(19-15)11(2)6-5-7-13(4)17/h8-9,11,13H,5-7,17H2,1-4H3,(H,18,19). The van der Waals surface area contributed by atoms with Crippen molar-refractivity contribution < 1.29 is 0 Å². The van der Waals surface area contributed by atoms with E-state index >= 15 is 0 Å². The second kappa shape index (κ2) is 5.74. The summed E-state index contributed by atoms with van der Waals surface area (Å²) in [6.45, 7) is 8.55. The molecule has 0 fully saturated rings. The highest BCUT2D eigenvalue weighted by molar-refractivity contribution is 5.79. The zero-order valence-electron chi connectivity index (χ0n) is 12.5. The first-order valence-corrected chi connectivity index (χ1v) is 7.20. The van der Waals surface area contributed by atoms with Gasteiger partial charge in [-0.25, -0.2) is 4.98 Å². The number of imidazole rings is 1. The third kappa shape index (κ3) is 3.35. The van der Waals surface area contributed by atoms with Gasteiger partial charge in [0.2, 0.25) is 0 Å². The number of nitrogens with two attached hydrogens (primary N) is 1. The van der Waals surface area contributed by atoms with Gasteiger partial charge in [-0.2, -0.15) is 0 Å². The fourth-order valence-corrected chi connectivity index (χ4v) is 2.61. The number of aryl methyl sites for hydroxylation is 2. The molecule has 0 aliphatic rings. The molecule has 3 nitrogen and oxygen atoms in total. The summed E-state index contributed by atoms with van der Waals surface area (Å²) in [7, 11) is 0. The van der Waals surface area contributed by atoms with Crippen LogP contribution in [0.2, 0.25) is 0 Å². The number of nitrogens with zero attached hydrogens (tertiary/aromatic N) is 1. The van der Waals surface area contributed by atoms with Crippen molar-refractivity contribution in [3.8, 4) is 0 Å². The Morgan fingerprint density at radius 1 is 1.21 bits per heavy atom. The topological polar surface area (TPSA) is 54.7 Å². The first kappa shape index (κ1) is 14.1. The first-order valence-electron chi connectivity index (χ1n) is 7.20. The lowest BCUT2D eigenvalue weighted by molar-refractivity contribution is 0.546. The monoisotopic (exact) mass is 259 g/mol. The van der Waals surface area contributed by atoms with Gasteiger partial charge in [0.05, 0.1) is 11.0 Å². The van der Waals surface area contributed by atoms with Crippen LogP contribution in [0.4, 0.5) is 0 Å². The summed E-state index contributed by atoms with van der Waals surface area (Å²) < 4.78 is 0. The highest BCUT2D eigenvalue weighted by atomic mass is 14.9. The molecule has 0 bridgehead atoms. The minimum atomic E-state index is 0.299. The van der Waals surface area contributed by atoms with Gasteiger partial charge >= 0.3 is 0 Å². The maximum absolute atomic E-state index is 5.79. The van der Waals surface area contributed by atoms with Gasteiger partial charge in [0.1, 0.15) is 5.82 Å². The zero-order valence-corrected chi connectivity index (χ0v) is 12.5. The van der Waals surface area contributed by atoms with Crippen LogP contribution in [0.1, 0.15) is 56.0 Å². The molecular formula is C16H25N3. The van der Waals surface area contributed by atoms with Crippen molar-refractivity contribution in [2.24, 2.45) is 5.73 Å². The molecule has 3 heteroatoms. The van der Waals surface area contributed by atoms with Crippen molar-refractivity contribution in [1.82, 2.24) is 9.97 Å². The summed E-state index contributed by atoms with van der Waals surface area (Å²) in [5.41, 5.74) is 10.6. The summed E-state index contributed by atoms with van der Waals surface area (Å²) in [6, 6.07) is 4.66. The molecule has 0 saturated heterocycles. The SMILES string of the molecule is Cc1cc(C)c2nc(C(C)CCCC(C)N)[nH]c2c1. The smallest absolute Gasteiger partial charge is 0.110 e. The van der Waals surface area contributed by atoms with Crippen LogP contribution in [0, 0.1) is 13.8 Å². The van der Waals surface area contributed by atoms with E-state index < -0.39 is 0 Å². The normalized spacial score (nSPS) is 14.8. The van der Waals surface area contributed by atoms with E-state index in [4.69, 9.17) is 10.7 Å². The Morgan fingerprint density at radius 3 is 2.63 bits per heavy atom. The maximum atomic E-state index is 5.79. The predicted octanol–water partition coefficient (Wildman–Crippen LogP) is 3.80. The van der Waals surface area contributed by atoms with Gasteiger partial charge in [0.15, 0.2) is 0 Å². The average Bonchev–Trinajstić information content (AvgIpc) is 2.72. The average molecular weight is 259 g/mol. The third-order valence-corrected chi connectivity index (χ3v) is 3.70. The molecule has 19 heavy (non-hydrogen) atoms.